The molecule has 2 nitrogen and oxygen atoms in total. The van der Waals surface area contributed by atoms with Crippen LogP contribution in [-0.2, 0) is 6.54 Å². The van der Waals surface area contributed by atoms with Gasteiger partial charge in [0.15, 0.2) is 0 Å². The van der Waals surface area contributed by atoms with E-state index in [1.165, 1.54) is 4.57 Å². The van der Waals surface area contributed by atoms with Crippen molar-refractivity contribution < 1.29 is 4.39 Å². The highest BCUT2D eigenvalue weighted by molar-refractivity contribution is 5.07. The smallest absolute Gasteiger partial charge is 0.253 e. The van der Waals surface area contributed by atoms with Crippen molar-refractivity contribution in [2.24, 2.45) is 0 Å². The van der Waals surface area contributed by atoms with Crippen LogP contribution in [0.5, 0.6) is 0 Å². The molecular weight excluding hydrogens is 145 g/mol. The first-order valence-corrected chi connectivity index (χ1v) is 3.47. The summed E-state index contributed by atoms with van der Waals surface area (Å²) < 4.78 is 13.2. The lowest BCUT2D eigenvalue weighted by atomic mass is 10.3. The van der Waals surface area contributed by atoms with Crippen molar-refractivity contribution in [3.8, 4) is 0 Å². The van der Waals surface area contributed by atoms with E-state index < -0.39 is 6.67 Å². The lowest BCUT2D eigenvalue weighted by Gasteiger charge is -2.01. The largest absolute Gasteiger partial charge is 0.313 e. The van der Waals surface area contributed by atoms with Crippen LogP contribution in [0, 0.1) is 6.92 Å². The van der Waals surface area contributed by atoms with Crippen LogP contribution in [0.4, 0.5) is 4.39 Å². The molecule has 0 atom stereocenters. The predicted molar refractivity (Wildman–Crippen MR) is 41.4 cm³/mol. The molecule has 11 heavy (non-hydrogen) atoms. The van der Waals surface area contributed by atoms with Gasteiger partial charge < -0.3 is 4.57 Å². The van der Waals surface area contributed by atoms with Crippen LogP contribution in [0.2, 0.25) is 0 Å². The minimum atomic E-state index is -0.497. The van der Waals surface area contributed by atoms with E-state index in [0.717, 1.165) is 0 Å². The van der Waals surface area contributed by atoms with Gasteiger partial charge in [-0.2, -0.15) is 0 Å². The number of pyridine rings is 1. The van der Waals surface area contributed by atoms with Crippen molar-refractivity contribution >= 4 is 0 Å². The fourth-order valence-corrected chi connectivity index (χ4v) is 0.924. The molecule has 0 saturated carbocycles. The molecule has 0 aliphatic carbocycles. The molecule has 0 saturated heterocycles. The van der Waals surface area contributed by atoms with Crippen LogP contribution >= 0.6 is 0 Å². The molecule has 0 aliphatic rings. The second kappa shape index (κ2) is 3.32. The zero-order chi connectivity index (χ0) is 8.27. The number of halogens is 1. The minimum Gasteiger partial charge on any atom is -0.313 e. The second-order valence-electron chi connectivity index (χ2n) is 2.38. The van der Waals surface area contributed by atoms with Gasteiger partial charge in [0.2, 0.25) is 0 Å². The molecule has 60 valence electrons. The highest BCUT2D eigenvalue weighted by Gasteiger charge is 1.95. The van der Waals surface area contributed by atoms with E-state index in [0.29, 0.717) is 5.56 Å². The van der Waals surface area contributed by atoms with Crippen molar-refractivity contribution in [1.82, 2.24) is 4.57 Å². The van der Waals surface area contributed by atoms with Gasteiger partial charge in [0, 0.05) is 11.8 Å². The Morgan fingerprint density at radius 3 is 3.00 bits per heavy atom. The molecule has 3 heteroatoms. The number of hydrogen-bond donors (Lipinski definition) is 0. The molecule has 0 aliphatic heterocycles. The van der Waals surface area contributed by atoms with Gasteiger partial charge in [0.25, 0.3) is 5.56 Å². The predicted octanol–water partition coefficient (Wildman–Crippen LogP) is 1.13. The van der Waals surface area contributed by atoms with Gasteiger partial charge in [-0.1, -0.05) is 6.07 Å². The average molecular weight is 155 g/mol. The van der Waals surface area contributed by atoms with E-state index in [2.05, 4.69) is 0 Å². The summed E-state index contributed by atoms with van der Waals surface area (Å²) in [5.74, 6) is 0. The highest BCUT2D eigenvalue weighted by atomic mass is 19.1. The van der Waals surface area contributed by atoms with Crippen molar-refractivity contribution in [3.63, 3.8) is 0 Å². The van der Waals surface area contributed by atoms with Gasteiger partial charge in [0.05, 0.1) is 6.54 Å². The maximum Gasteiger partial charge on any atom is 0.253 e. The van der Waals surface area contributed by atoms with Crippen LogP contribution < -0.4 is 5.56 Å². The lowest BCUT2D eigenvalue weighted by molar-refractivity contribution is 0.440. The van der Waals surface area contributed by atoms with Gasteiger partial charge in [0.1, 0.15) is 6.67 Å². The van der Waals surface area contributed by atoms with Crippen LogP contribution in [0.25, 0.3) is 0 Å². The molecule has 0 spiro atoms. The van der Waals surface area contributed by atoms with E-state index in [1.807, 2.05) is 0 Å². The normalized spacial score (nSPS) is 10.0. The Kier molecular flexibility index (Phi) is 2.41. The fourth-order valence-electron chi connectivity index (χ4n) is 0.924. The summed E-state index contributed by atoms with van der Waals surface area (Å²) in [6.45, 7) is 1.38. The molecule has 0 fully saturated rings. The maximum absolute atomic E-state index is 11.8. The van der Waals surface area contributed by atoms with Gasteiger partial charge in [-0.3, -0.25) is 4.79 Å². The summed E-state index contributed by atoms with van der Waals surface area (Å²) in [4.78, 5) is 11.2. The summed E-state index contributed by atoms with van der Waals surface area (Å²) in [6.07, 6.45) is 1.59. The Hall–Kier alpha value is -1.12. The second-order valence-corrected chi connectivity index (χ2v) is 2.38. The number of hydrogen-bond acceptors (Lipinski definition) is 1. The number of aromatic nitrogens is 1. The number of nitrogens with zero attached hydrogens (tertiary/aromatic N) is 1. The third-order valence-corrected chi connectivity index (χ3v) is 1.54. The van der Waals surface area contributed by atoms with Crippen LogP contribution in [0.15, 0.2) is 23.1 Å². The SMILES string of the molecule is Cc1cccn(CCF)c1=O. The molecule has 0 aromatic carbocycles. The molecule has 1 heterocycles. The summed E-state index contributed by atoms with van der Waals surface area (Å²) in [5.41, 5.74) is 0.547. The number of rotatable bonds is 2. The number of alkyl halides is 1. The zero-order valence-electron chi connectivity index (χ0n) is 6.38. The van der Waals surface area contributed by atoms with Gasteiger partial charge in [-0.05, 0) is 13.0 Å². The standard InChI is InChI=1S/C8H10FNO/c1-7-3-2-5-10(6-4-9)8(7)11/h2-3,5H,4,6H2,1H3. The fraction of sp³-hybridized carbons (Fsp3) is 0.375. The molecule has 0 unspecified atom stereocenters. The molecular formula is C8H10FNO. The molecule has 1 aromatic rings. The third kappa shape index (κ3) is 1.67. The lowest BCUT2D eigenvalue weighted by Crippen LogP contribution is -2.21. The highest BCUT2D eigenvalue weighted by Crippen LogP contribution is 1.88. The molecule has 0 N–H and O–H groups in total. The number of aryl methyl sites for hydroxylation is 2. The minimum absolute atomic E-state index is 0.106. The first-order chi connectivity index (χ1) is 5.25. The van der Waals surface area contributed by atoms with E-state index in [4.69, 9.17) is 0 Å². The van der Waals surface area contributed by atoms with Crippen molar-refractivity contribution in [2.75, 3.05) is 6.67 Å². The van der Waals surface area contributed by atoms with Crippen molar-refractivity contribution in [3.05, 3.63) is 34.2 Å². The van der Waals surface area contributed by atoms with E-state index in [1.54, 1.807) is 25.3 Å². The van der Waals surface area contributed by atoms with Crippen LogP contribution in [0.1, 0.15) is 5.56 Å². The Bertz CT molecular complexity index is 292. The first-order valence-electron chi connectivity index (χ1n) is 3.47. The van der Waals surface area contributed by atoms with E-state index in [9.17, 15) is 9.18 Å². The summed E-state index contributed by atoms with van der Waals surface area (Å²) in [7, 11) is 0. The third-order valence-electron chi connectivity index (χ3n) is 1.54. The Morgan fingerprint density at radius 1 is 1.64 bits per heavy atom. The van der Waals surface area contributed by atoms with Crippen LogP contribution in [-0.4, -0.2) is 11.2 Å². The van der Waals surface area contributed by atoms with Gasteiger partial charge in [-0.15, -0.1) is 0 Å². The van der Waals surface area contributed by atoms with Crippen LogP contribution in [0.3, 0.4) is 0 Å². The summed E-state index contributed by atoms with van der Waals surface area (Å²) in [6, 6.07) is 3.46. The molecule has 1 aromatic heterocycles. The first kappa shape index (κ1) is 7.98. The Morgan fingerprint density at radius 2 is 2.36 bits per heavy atom. The summed E-state index contributed by atoms with van der Waals surface area (Å²) in [5, 5.41) is 0. The summed E-state index contributed by atoms with van der Waals surface area (Å²) >= 11 is 0. The van der Waals surface area contributed by atoms with Crippen molar-refractivity contribution in [1.29, 1.82) is 0 Å². The molecule has 0 amide bonds. The Labute approximate surface area is 64.3 Å². The van der Waals surface area contributed by atoms with E-state index >= 15 is 0 Å². The van der Waals surface area contributed by atoms with E-state index in [-0.39, 0.29) is 12.1 Å². The zero-order valence-corrected chi connectivity index (χ0v) is 6.38. The van der Waals surface area contributed by atoms with Gasteiger partial charge in [-0.25, -0.2) is 4.39 Å². The molecule has 0 radical (unpaired) electrons. The topological polar surface area (TPSA) is 22.0 Å². The quantitative estimate of drug-likeness (QED) is 0.627. The Balaban J connectivity index is 3.07. The molecule has 1 rings (SSSR count). The maximum atomic E-state index is 11.8. The van der Waals surface area contributed by atoms with Crippen molar-refractivity contribution in [2.45, 2.75) is 13.5 Å². The van der Waals surface area contributed by atoms with Gasteiger partial charge >= 0.3 is 0 Å². The average Bonchev–Trinajstić information content (AvgIpc) is 1.99. The monoisotopic (exact) mass is 155 g/mol. The molecule has 0 bridgehead atoms.